The molecule has 0 bridgehead atoms. The monoisotopic (exact) mass is 355 g/mol. The second-order valence-corrected chi connectivity index (χ2v) is 8.23. The number of hydrogen-bond donors (Lipinski definition) is 0. The number of likely N-dealkylation sites (tertiary alicyclic amines) is 1. The molecule has 2 aromatic rings. The van der Waals surface area contributed by atoms with Gasteiger partial charge >= 0.3 is 6.09 Å². The summed E-state index contributed by atoms with van der Waals surface area (Å²) >= 11 is 0. The summed E-state index contributed by atoms with van der Waals surface area (Å²) in [6.07, 6.45) is -0.203. The smallest absolute Gasteiger partial charge is 0.410 e. The van der Waals surface area contributed by atoms with Gasteiger partial charge in [0.25, 0.3) is 0 Å². The summed E-state index contributed by atoms with van der Waals surface area (Å²) < 4.78 is 11.0. The maximum Gasteiger partial charge on any atom is 0.410 e. The van der Waals surface area contributed by atoms with E-state index in [1.165, 1.54) is 0 Å². The van der Waals surface area contributed by atoms with Crippen LogP contribution in [0, 0.1) is 11.8 Å². The molecule has 0 spiro atoms. The molecular formula is C20H25N3O3. The van der Waals surface area contributed by atoms with Crippen molar-refractivity contribution in [2.24, 2.45) is 11.8 Å². The van der Waals surface area contributed by atoms with Crippen molar-refractivity contribution in [1.82, 2.24) is 10.1 Å². The van der Waals surface area contributed by atoms with Gasteiger partial charge in [0.05, 0.1) is 0 Å². The van der Waals surface area contributed by atoms with Crippen molar-refractivity contribution in [2.75, 3.05) is 31.1 Å². The number of carbonyl (C=O) groups is 1. The number of aromatic nitrogens is 1. The fourth-order valence-corrected chi connectivity index (χ4v) is 3.81. The molecule has 26 heavy (non-hydrogen) atoms. The Labute approximate surface area is 153 Å². The Morgan fingerprint density at radius 2 is 1.77 bits per heavy atom. The first-order valence-electron chi connectivity index (χ1n) is 9.14. The SMILES string of the molecule is CC(C)(C)OC(=O)N1CC2CN(c3cc(-c4ccccc4)on3)CC2C1. The van der Waals surface area contributed by atoms with Gasteiger partial charge in [0.2, 0.25) is 0 Å². The van der Waals surface area contributed by atoms with Crippen molar-refractivity contribution in [1.29, 1.82) is 0 Å². The summed E-state index contributed by atoms with van der Waals surface area (Å²) in [5, 5.41) is 4.25. The molecule has 2 saturated heterocycles. The lowest BCUT2D eigenvalue weighted by molar-refractivity contribution is 0.0282. The highest BCUT2D eigenvalue weighted by molar-refractivity contribution is 5.69. The number of rotatable bonds is 2. The van der Waals surface area contributed by atoms with Gasteiger partial charge in [-0.25, -0.2) is 4.79 Å². The number of fused-ring (bicyclic) bond motifs is 1. The Morgan fingerprint density at radius 3 is 2.38 bits per heavy atom. The maximum absolute atomic E-state index is 12.3. The third kappa shape index (κ3) is 3.41. The second-order valence-electron chi connectivity index (χ2n) is 8.23. The molecule has 0 N–H and O–H groups in total. The van der Waals surface area contributed by atoms with Crippen molar-refractivity contribution >= 4 is 11.9 Å². The van der Waals surface area contributed by atoms with E-state index in [2.05, 4.69) is 10.1 Å². The van der Waals surface area contributed by atoms with Gasteiger partial charge in [0.15, 0.2) is 11.6 Å². The standard InChI is InChI=1S/C20H25N3O3/c1-20(2,3)25-19(24)23-12-15-10-22(11-16(15)13-23)18-9-17(26-21-18)14-7-5-4-6-8-14/h4-9,15-16H,10-13H2,1-3H3. The summed E-state index contributed by atoms with van der Waals surface area (Å²) in [4.78, 5) is 16.4. The number of ether oxygens (including phenoxy) is 1. The van der Waals surface area contributed by atoms with Crippen LogP contribution >= 0.6 is 0 Å². The summed E-state index contributed by atoms with van der Waals surface area (Å²) in [5.74, 6) is 2.58. The third-order valence-electron chi connectivity index (χ3n) is 5.02. The Hall–Kier alpha value is -2.50. The molecule has 2 fully saturated rings. The molecule has 4 rings (SSSR count). The van der Waals surface area contributed by atoms with Crippen LogP contribution in [0.3, 0.4) is 0 Å². The van der Waals surface area contributed by atoms with Gasteiger partial charge in [-0.3, -0.25) is 0 Å². The van der Waals surface area contributed by atoms with Crippen LogP contribution in [0.2, 0.25) is 0 Å². The van der Waals surface area contributed by atoms with Crippen LogP contribution in [0.4, 0.5) is 10.6 Å². The lowest BCUT2D eigenvalue weighted by Gasteiger charge is -2.25. The largest absolute Gasteiger partial charge is 0.444 e. The topological polar surface area (TPSA) is 58.8 Å². The Morgan fingerprint density at radius 1 is 1.12 bits per heavy atom. The van der Waals surface area contributed by atoms with Crippen molar-refractivity contribution in [3.05, 3.63) is 36.4 Å². The van der Waals surface area contributed by atoms with E-state index in [4.69, 9.17) is 9.26 Å². The zero-order valence-corrected chi connectivity index (χ0v) is 15.5. The molecule has 1 amide bonds. The molecule has 0 saturated carbocycles. The Kier molecular flexibility index (Phi) is 4.13. The van der Waals surface area contributed by atoms with Crippen molar-refractivity contribution < 1.29 is 14.1 Å². The summed E-state index contributed by atoms with van der Waals surface area (Å²) in [6, 6.07) is 12.0. The highest BCUT2D eigenvalue weighted by Crippen LogP contribution is 2.35. The Bertz CT molecular complexity index is 767. The van der Waals surface area contributed by atoms with Gasteiger partial charge in [-0.1, -0.05) is 35.5 Å². The minimum absolute atomic E-state index is 0.203. The van der Waals surface area contributed by atoms with Crippen LogP contribution in [-0.4, -0.2) is 47.9 Å². The van der Waals surface area contributed by atoms with Gasteiger partial charge in [-0.2, -0.15) is 0 Å². The highest BCUT2D eigenvalue weighted by Gasteiger charge is 2.43. The second kappa shape index (κ2) is 6.34. The number of benzene rings is 1. The zero-order valence-electron chi connectivity index (χ0n) is 15.5. The van der Waals surface area contributed by atoms with Crippen molar-refractivity contribution in [2.45, 2.75) is 26.4 Å². The minimum atomic E-state index is -0.449. The average molecular weight is 355 g/mol. The third-order valence-corrected chi connectivity index (χ3v) is 5.02. The molecule has 3 heterocycles. The van der Waals surface area contributed by atoms with Crippen molar-refractivity contribution in [3.8, 4) is 11.3 Å². The molecule has 1 aromatic heterocycles. The molecule has 2 atom stereocenters. The fourth-order valence-electron chi connectivity index (χ4n) is 3.81. The molecule has 1 aromatic carbocycles. The molecule has 2 unspecified atom stereocenters. The van der Waals surface area contributed by atoms with Crippen molar-refractivity contribution in [3.63, 3.8) is 0 Å². The number of amides is 1. The number of nitrogens with zero attached hydrogens (tertiary/aromatic N) is 3. The Balaban J connectivity index is 1.38. The normalized spacial score (nSPS) is 22.6. The van der Waals surface area contributed by atoms with Crippen LogP contribution in [0.15, 0.2) is 40.9 Å². The van der Waals surface area contributed by atoms with Crippen LogP contribution in [-0.2, 0) is 4.74 Å². The summed E-state index contributed by atoms with van der Waals surface area (Å²) in [6.45, 7) is 8.99. The molecule has 138 valence electrons. The zero-order chi connectivity index (χ0) is 18.3. The average Bonchev–Trinajstić information content (AvgIpc) is 3.28. The number of anilines is 1. The molecule has 6 nitrogen and oxygen atoms in total. The van der Waals surface area contributed by atoms with Gasteiger partial charge in [0, 0.05) is 49.6 Å². The molecule has 2 aliphatic rings. The lowest BCUT2D eigenvalue weighted by Crippen LogP contribution is -2.37. The van der Waals surface area contributed by atoms with E-state index in [0.29, 0.717) is 11.8 Å². The van der Waals surface area contributed by atoms with E-state index in [9.17, 15) is 4.79 Å². The lowest BCUT2D eigenvalue weighted by atomic mass is 10.0. The van der Waals surface area contributed by atoms with E-state index in [0.717, 1.165) is 43.3 Å². The molecule has 2 aliphatic heterocycles. The highest BCUT2D eigenvalue weighted by atomic mass is 16.6. The minimum Gasteiger partial charge on any atom is -0.444 e. The van der Waals surface area contributed by atoms with Crippen LogP contribution in [0.25, 0.3) is 11.3 Å². The first kappa shape index (κ1) is 16.9. The van der Waals surface area contributed by atoms with Gasteiger partial charge in [0.1, 0.15) is 5.60 Å². The summed E-state index contributed by atoms with van der Waals surface area (Å²) in [5.41, 5.74) is 0.580. The molecule has 0 radical (unpaired) electrons. The summed E-state index contributed by atoms with van der Waals surface area (Å²) in [7, 11) is 0. The van der Waals surface area contributed by atoms with E-state index in [-0.39, 0.29) is 6.09 Å². The molecule has 6 heteroatoms. The van der Waals surface area contributed by atoms with Crippen LogP contribution < -0.4 is 4.90 Å². The quantitative estimate of drug-likeness (QED) is 0.823. The number of carbonyl (C=O) groups excluding carboxylic acids is 1. The van der Waals surface area contributed by atoms with Gasteiger partial charge in [-0.15, -0.1) is 0 Å². The fraction of sp³-hybridized carbons (Fsp3) is 0.500. The first-order chi connectivity index (χ1) is 12.4. The molecule has 0 aliphatic carbocycles. The van der Waals surface area contributed by atoms with Crippen LogP contribution in [0.5, 0.6) is 0 Å². The predicted octanol–water partition coefficient (Wildman–Crippen LogP) is 3.64. The maximum atomic E-state index is 12.3. The first-order valence-corrected chi connectivity index (χ1v) is 9.14. The van der Waals surface area contributed by atoms with Gasteiger partial charge < -0.3 is 19.1 Å². The molecular weight excluding hydrogens is 330 g/mol. The van der Waals surface area contributed by atoms with Crippen LogP contribution in [0.1, 0.15) is 20.8 Å². The number of hydrogen-bond acceptors (Lipinski definition) is 5. The predicted molar refractivity (Wildman–Crippen MR) is 98.9 cm³/mol. The van der Waals surface area contributed by atoms with Gasteiger partial charge in [-0.05, 0) is 20.8 Å². The van der Waals surface area contributed by atoms with E-state index in [1.807, 2.05) is 62.1 Å². The van der Waals surface area contributed by atoms with E-state index >= 15 is 0 Å². The van der Waals surface area contributed by atoms with E-state index in [1.54, 1.807) is 0 Å². The van der Waals surface area contributed by atoms with E-state index < -0.39 is 5.60 Å².